The largest absolute Gasteiger partial charge is 0.418 e. The zero-order valence-electron chi connectivity index (χ0n) is 12.2. The van der Waals surface area contributed by atoms with Gasteiger partial charge in [-0.2, -0.15) is 13.2 Å². The zero-order chi connectivity index (χ0) is 15.0. The third-order valence-electron chi connectivity index (χ3n) is 4.54. The van der Waals surface area contributed by atoms with Gasteiger partial charge in [-0.05, 0) is 49.8 Å². The Morgan fingerprint density at radius 1 is 1.19 bits per heavy atom. The summed E-state index contributed by atoms with van der Waals surface area (Å²) in [6.45, 7) is 0.515. The molecule has 0 saturated heterocycles. The zero-order valence-corrected chi connectivity index (χ0v) is 12.2. The summed E-state index contributed by atoms with van der Waals surface area (Å²) in [6.07, 6.45) is 1.05. The molecule has 0 atom stereocenters. The molecule has 1 aromatic rings. The van der Waals surface area contributed by atoms with Gasteiger partial charge in [0.2, 0.25) is 0 Å². The summed E-state index contributed by atoms with van der Waals surface area (Å²) in [5, 5.41) is 3.26. The fourth-order valence-corrected chi connectivity index (χ4v) is 2.75. The summed E-state index contributed by atoms with van der Waals surface area (Å²) in [5.41, 5.74) is 0.509. The number of benzene rings is 1. The summed E-state index contributed by atoms with van der Waals surface area (Å²) in [6, 6.07) is 5.50. The summed E-state index contributed by atoms with van der Waals surface area (Å²) < 4.78 is 40.0. The van der Waals surface area contributed by atoms with E-state index in [0.717, 1.165) is 32.1 Å². The third kappa shape index (κ3) is 3.34. The highest BCUT2D eigenvalue weighted by Gasteiger charge is 2.36. The fourth-order valence-electron chi connectivity index (χ4n) is 2.75. The van der Waals surface area contributed by atoms with Gasteiger partial charge in [-0.25, -0.2) is 0 Å². The van der Waals surface area contributed by atoms with Crippen LogP contribution in [0.1, 0.15) is 43.2 Å². The molecule has 0 aliphatic heterocycles. The second-order valence-electron chi connectivity index (χ2n) is 6.20. The molecule has 21 heavy (non-hydrogen) atoms. The number of hydrogen-bond acceptors (Lipinski definition) is 2. The fraction of sp³-hybridized carbons (Fsp3) is 0.625. The van der Waals surface area contributed by atoms with Gasteiger partial charge in [0.05, 0.1) is 5.56 Å². The van der Waals surface area contributed by atoms with Crippen LogP contribution >= 0.6 is 0 Å². The van der Waals surface area contributed by atoms with Gasteiger partial charge in [-0.15, -0.1) is 0 Å². The van der Waals surface area contributed by atoms with Crippen molar-refractivity contribution < 1.29 is 13.2 Å². The van der Waals surface area contributed by atoms with E-state index in [0.29, 0.717) is 23.8 Å². The molecular formula is C16H21F3N2. The third-order valence-corrected chi connectivity index (χ3v) is 4.54. The molecule has 5 heteroatoms. The summed E-state index contributed by atoms with van der Waals surface area (Å²) in [4.78, 5) is 1.80. The van der Waals surface area contributed by atoms with E-state index < -0.39 is 11.7 Å². The van der Waals surface area contributed by atoms with E-state index in [2.05, 4.69) is 5.32 Å². The number of nitrogens with zero attached hydrogens (tertiary/aromatic N) is 1. The van der Waals surface area contributed by atoms with Gasteiger partial charge in [0.1, 0.15) is 0 Å². The highest BCUT2D eigenvalue weighted by molar-refractivity contribution is 5.57. The van der Waals surface area contributed by atoms with Crippen LogP contribution < -0.4 is 10.2 Å². The van der Waals surface area contributed by atoms with Gasteiger partial charge in [0, 0.05) is 31.4 Å². The molecular weight excluding hydrogens is 277 g/mol. The number of anilines is 1. The average Bonchev–Trinajstić information content (AvgIpc) is 3.16. The minimum atomic E-state index is -4.30. The average molecular weight is 298 g/mol. The molecule has 0 spiro atoms. The van der Waals surface area contributed by atoms with Gasteiger partial charge < -0.3 is 10.2 Å². The smallest absolute Gasteiger partial charge is 0.371 e. The Kier molecular flexibility index (Phi) is 3.86. The first kappa shape index (κ1) is 14.7. The standard InChI is InChI=1S/C16H21F3N2/c1-21(13-3-2-4-13)15-8-5-11(10-20-12-6-7-12)9-14(15)16(17,18)19/h5,8-9,12-13,20H,2-4,6-7,10H2,1H3. The Hall–Kier alpha value is -1.23. The van der Waals surface area contributed by atoms with Crippen LogP contribution in [0.25, 0.3) is 0 Å². The topological polar surface area (TPSA) is 15.3 Å². The van der Waals surface area contributed by atoms with Gasteiger partial charge in [0.25, 0.3) is 0 Å². The highest BCUT2D eigenvalue weighted by Crippen LogP contribution is 2.39. The number of hydrogen-bond donors (Lipinski definition) is 1. The first-order valence-electron chi connectivity index (χ1n) is 7.61. The number of alkyl halides is 3. The first-order valence-corrected chi connectivity index (χ1v) is 7.61. The second-order valence-corrected chi connectivity index (χ2v) is 6.20. The van der Waals surface area contributed by atoms with Crippen molar-refractivity contribution in [1.82, 2.24) is 5.32 Å². The Morgan fingerprint density at radius 2 is 1.90 bits per heavy atom. The SMILES string of the molecule is CN(c1ccc(CNC2CC2)cc1C(F)(F)F)C1CCC1. The molecule has 0 unspecified atom stereocenters. The number of nitrogens with one attached hydrogen (secondary N) is 1. The van der Waals surface area contributed by atoms with Gasteiger partial charge in [-0.1, -0.05) is 6.07 Å². The van der Waals surface area contributed by atoms with Crippen LogP contribution in [0.2, 0.25) is 0 Å². The van der Waals surface area contributed by atoms with E-state index in [4.69, 9.17) is 0 Å². The maximum absolute atomic E-state index is 13.3. The summed E-state index contributed by atoms with van der Waals surface area (Å²) >= 11 is 0. The Bertz CT molecular complexity index is 505. The van der Waals surface area contributed by atoms with Gasteiger partial charge >= 0.3 is 6.18 Å². The molecule has 0 bridgehead atoms. The molecule has 2 aliphatic carbocycles. The van der Waals surface area contributed by atoms with Crippen molar-refractivity contribution >= 4 is 5.69 Å². The van der Waals surface area contributed by atoms with Crippen molar-refractivity contribution in [2.24, 2.45) is 0 Å². The van der Waals surface area contributed by atoms with E-state index in [1.54, 1.807) is 18.0 Å². The predicted molar refractivity (Wildman–Crippen MR) is 77.3 cm³/mol. The molecule has 0 amide bonds. The first-order chi connectivity index (χ1) is 9.95. The van der Waals surface area contributed by atoms with E-state index in [-0.39, 0.29) is 6.04 Å². The van der Waals surface area contributed by atoms with Crippen LogP contribution in [-0.2, 0) is 12.7 Å². The summed E-state index contributed by atoms with van der Waals surface area (Å²) in [5.74, 6) is 0. The highest BCUT2D eigenvalue weighted by atomic mass is 19.4. The van der Waals surface area contributed by atoms with Crippen LogP contribution in [0.5, 0.6) is 0 Å². The van der Waals surface area contributed by atoms with E-state index in [1.165, 1.54) is 6.07 Å². The Balaban J connectivity index is 1.83. The lowest BCUT2D eigenvalue weighted by Gasteiger charge is -2.37. The molecule has 2 aliphatic rings. The minimum Gasteiger partial charge on any atom is -0.371 e. The van der Waals surface area contributed by atoms with Crippen LogP contribution in [0.4, 0.5) is 18.9 Å². The molecule has 0 radical (unpaired) electrons. The van der Waals surface area contributed by atoms with E-state index in [9.17, 15) is 13.2 Å². The van der Waals surface area contributed by atoms with Gasteiger partial charge in [0.15, 0.2) is 0 Å². The molecule has 116 valence electrons. The minimum absolute atomic E-state index is 0.251. The molecule has 1 N–H and O–H groups in total. The lowest BCUT2D eigenvalue weighted by atomic mass is 9.91. The predicted octanol–water partition coefficient (Wildman–Crippen LogP) is 3.95. The molecule has 0 heterocycles. The van der Waals surface area contributed by atoms with Crippen LogP contribution in [0, 0.1) is 0 Å². The van der Waals surface area contributed by atoms with Crippen molar-refractivity contribution in [3.05, 3.63) is 29.3 Å². The summed E-state index contributed by atoms with van der Waals surface area (Å²) in [7, 11) is 1.77. The van der Waals surface area contributed by atoms with Crippen LogP contribution in [0.15, 0.2) is 18.2 Å². The van der Waals surface area contributed by atoms with Crippen molar-refractivity contribution in [1.29, 1.82) is 0 Å². The van der Waals surface area contributed by atoms with Crippen molar-refractivity contribution in [3.8, 4) is 0 Å². The lowest BCUT2D eigenvalue weighted by molar-refractivity contribution is -0.137. The maximum atomic E-state index is 13.3. The second kappa shape index (κ2) is 5.52. The van der Waals surface area contributed by atoms with Crippen molar-refractivity contribution in [2.45, 2.75) is 56.9 Å². The molecule has 2 saturated carbocycles. The molecule has 0 aromatic heterocycles. The quantitative estimate of drug-likeness (QED) is 0.885. The van der Waals surface area contributed by atoms with Crippen molar-refractivity contribution in [2.75, 3.05) is 11.9 Å². The maximum Gasteiger partial charge on any atom is 0.418 e. The van der Waals surface area contributed by atoms with Crippen molar-refractivity contribution in [3.63, 3.8) is 0 Å². The van der Waals surface area contributed by atoms with Gasteiger partial charge in [-0.3, -0.25) is 0 Å². The number of halogens is 3. The monoisotopic (exact) mass is 298 g/mol. The van der Waals surface area contributed by atoms with E-state index in [1.807, 2.05) is 6.07 Å². The van der Waals surface area contributed by atoms with Crippen LogP contribution in [0.3, 0.4) is 0 Å². The van der Waals surface area contributed by atoms with E-state index >= 15 is 0 Å². The lowest BCUT2D eigenvalue weighted by Crippen LogP contribution is -2.38. The van der Waals surface area contributed by atoms with Crippen LogP contribution in [-0.4, -0.2) is 19.1 Å². The normalized spacial score (nSPS) is 19.4. The Labute approximate surface area is 123 Å². The molecule has 3 rings (SSSR count). The number of rotatable bonds is 5. The molecule has 2 nitrogen and oxygen atoms in total. The Morgan fingerprint density at radius 3 is 2.43 bits per heavy atom. The molecule has 1 aromatic carbocycles. The molecule has 2 fully saturated rings.